The summed E-state index contributed by atoms with van der Waals surface area (Å²) in [7, 11) is 0. The second-order valence-electron chi connectivity index (χ2n) is 3.94. The molecule has 3 aromatic rings. The molecule has 0 aliphatic heterocycles. The molecule has 0 aliphatic carbocycles. The zero-order valence-electron chi connectivity index (χ0n) is 9.75. The molecule has 0 aromatic carbocycles. The van der Waals surface area contributed by atoms with Gasteiger partial charge in [-0.2, -0.15) is 0 Å². The lowest BCUT2D eigenvalue weighted by Gasteiger charge is -2.07. The van der Waals surface area contributed by atoms with Crippen molar-refractivity contribution in [2.45, 2.75) is 18.8 Å². The van der Waals surface area contributed by atoms with Crippen LogP contribution in [0.2, 0.25) is 0 Å². The number of halogens is 1. The third-order valence-corrected chi connectivity index (χ3v) is 3.63. The van der Waals surface area contributed by atoms with E-state index in [2.05, 4.69) is 15.0 Å². The number of thiazole rings is 1. The lowest BCUT2D eigenvalue weighted by molar-refractivity contribution is 0.732. The van der Waals surface area contributed by atoms with Crippen LogP contribution in [-0.4, -0.2) is 19.5 Å². The summed E-state index contributed by atoms with van der Waals surface area (Å²) in [6, 6.07) is 3.83. The van der Waals surface area contributed by atoms with E-state index in [4.69, 9.17) is 11.6 Å². The van der Waals surface area contributed by atoms with E-state index in [9.17, 15) is 0 Å². The van der Waals surface area contributed by atoms with Crippen LogP contribution in [0, 0.1) is 0 Å². The molecule has 3 aromatic heterocycles. The van der Waals surface area contributed by atoms with Crippen molar-refractivity contribution in [2.24, 2.45) is 0 Å². The first-order valence-electron chi connectivity index (χ1n) is 5.59. The number of aromatic nitrogens is 4. The first kappa shape index (κ1) is 11.6. The molecule has 0 amide bonds. The van der Waals surface area contributed by atoms with Gasteiger partial charge in [-0.05, 0) is 19.1 Å². The van der Waals surface area contributed by atoms with Crippen LogP contribution < -0.4 is 0 Å². The molecular weight excluding hydrogens is 268 g/mol. The fraction of sp³-hybridized carbons (Fsp3) is 0.250. The number of hydrogen-bond acceptors (Lipinski definition) is 4. The standard InChI is InChI=1S/C12H11ClN4S/c1-8(13)11-16-9-3-2-4-15-12(9)17(11)7-10-14-5-6-18-10/h2-6,8H,7H2,1H3. The van der Waals surface area contributed by atoms with Gasteiger partial charge in [-0.15, -0.1) is 22.9 Å². The van der Waals surface area contributed by atoms with E-state index in [1.54, 1.807) is 23.7 Å². The van der Waals surface area contributed by atoms with Crippen LogP contribution in [0.3, 0.4) is 0 Å². The Kier molecular flexibility index (Phi) is 3.01. The minimum Gasteiger partial charge on any atom is -0.305 e. The predicted octanol–water partition coefficient (Wildman–Crippen LogP) is 3.24. The second-order valence-corrected chi connectivity index (χ2v) is 5.58. The first-order chi connectivity index (χ1) is 8.75. The molecule has 6 heteroatoms. The monoisotopic (exact) mass is 278 g/mol. The van der Waals surface area contributed by atoms with Gasteiger partial charge in [0.2, 0.25) is 0 Å². The smallest absolute Gasteiger partial charge is 0.160 e. The van der Waals surface area contributed by atoms with Crippen LogP contribution in [0.15, 0.2) is 29.9 Å². The lowest BCUT2D eigenvalue weighted by atomic mass is 10.4. The summed E-state index contributed by atoms with van der Waals surface area (Å²) in [6.45, 7) is 2.58. The Balaban J connectivity index is 2.15. The highest BCUT2D eigenvalue weighted by atomic mass is 35.5. The molecule has 3 heterocycles. The average Bonchev–Trinajstić information content (AvgIpc) is 2.98. The van der Waals surface area contributed by atoms with E-state index in [1.165, 1.54) is 0 Å². The number of fused-ring (bicyclic) bond motifs is 1. The molecule has 0 radical (unpaired) electrons. The summed E-state index contributed by atoms with van der Waals surface area (Å²) in [5.41, 5.74) is 1.73. The zero-order chi connectivity index (χ0) is 12.5. The van der Waals surface area contributed by atoms with Crippen molar-refractivity contribution in [1.82, 2.24) is 19.5 Å². The van der Waals surface area contributed by atoms with Crippen LogP contribution >= 0.6 is 22.9 Å². The molecule has 0 saturated heterocycles. The van der Waals surface area contributed by atoms with Crippen molar-refractivity contribution >= 4 is 34.1 Å². The molecule has 1 atom stereocenters. The second kappa shape index (κ2) is 4.66. The van der Waals surface area contributed by atoms with Crippen molar-refractivity contribution in [3.63, 3.8) is 0 Å². The summed E-state index contributed by atoms with van der Waals surface area (Å²) >= 11 is 7.81. The minimum atomic E-state index is -0.154. The van der Waals surface area contributed by atoms with Gasteiger partial charge in [0.25, 0.3) is 0 Å². The third kappa shape index (κ3) is 2.00. The maximum absolute atomic E-state index is 6.19. The van der Waals surface area contributed by atoms with Gasteiger partial charge in [0.1, 0.15) is 16.3 Å². The molecular formula is C12H11ClN4S. The Morgan fingerprint density at radius 1 is 1.39 bits per heavy atom. The molecule has 92 valence electrons. The SMILES string of the molecule is CC(Cl)c1nc2cccnc2n1Cc1nccs1. The Bertz CT molecular complexity index is 660. The number of imidazole rings is 1. The maximum Gasteiger partial charge on any atom is 0.160 e. The summed E-state index contributed by atoms with van der Waals surface area (Å²) in [4.78, 5) is 13.2. The quantitative estimate of drug-likeness (QED) is 0.691. The Hall–Kier alpha value is -1.46. The van der Waals surface area contributed by atoms with Crippen LogP contribution in [0.4, 0.5) is 0 Å². The number of alkyl halides is 1. The van der Waals surface area contributed by atoms with Gasteiger partial charge in [-0.1, -0.05) is 0 Å². The van der Waals surface area contributed by atoms with Gasteiger partial charge in [-0.3, -0.25) is 0 Å². The highest BCUT2D eigenvalue weighted by molar-refractivity contribution is 7.09. The van der Waals surface area contributed by atoms with Crippen molar-refractivity contribution in [3.05, 3.63) is 40.7 Å². The number of hydrogen-bond donors (Lipinski definition) is 0. The molecule has 1 unspecified atom stereocenters. The van der Waals surface area contributed by atoms with Gasteiger partial charge >= 0.3 is 0 Å². The zero-order valence-corrected chi connectivity index (χ0v) is 11.3. The van der Waals surface area contributed by atoms with Crippen LogP contribution in [-0.2, 0) is 6.54 Å². The molecule has 0 spiro atoms. The minimum absolute atomic E-state index is 0.154. The Morgan fingerprint density at radius 3 is 3.00 bits per heavy atom. The Morgan fingerprint density at radius 2 is 2.28 bits per heavy atom. The molecule has 4 nitrogen and oxygen atoms in total. The Labute approximate surface area is 113 Å². The predicted molar refractivity (Wildman–Crippen MR) is 73.0 cm³/mol. The first-order valence-corrected chi connectivity index (χ1v) is 6.91. The van der Waals surface area contributed by atoms with Crippen LogP contribution in [0.1, 0.15) is 23.1 Å². The molecule has 0 N–H and O–H groups in total. The van der Waals surface area contributed by atoms with Crippen LogP contribution in [0.5, 0.6) is 0 Å². The van der Waals surface area contributed by atoms with Crippen LogP contribution in [0.25, 0.3) is 11.2 Å². The van der Waals surface area contributed by atoms with Crippen molar-refractivity contribution < 1.29 is 0 Å². The van der Waals surface area contributed by atoms with Crippen molar-refractivity contribution in [1.29, 1.82) is 0 Å². The number of nitrogens with zero attached hydrogens (tertiary/aromatic N) is 4. The van der Waals surface area contributed by atoms with Gasteiger partial charge in [0, 0.05) is 17.8 Å². The normalized spacial score (nSPS) is 13.0. The summed E-state index contributed by atoms with van der Waals surface area (Å²) in [6.07, 6.45) is 3.57. The van der Waals surface area contributed by atoms with Crippen molar-refractivity contribution in [3.8, 4) is 0 Å². The maximum atomic E-state index is 6.19. The summed E-state index contributed by atoms with van der Waals surface area (Å²) < 4.78 is 2.03. The van der Waals surface area contributed by atoms with E-state index < -0.39 is 0 Å². The van der Waals surface area contributed by atoms with Gasteiger partial charge < -0.3 is 4.57 Å². The van der Waals surface area contributed by atoms with E-state index in [-0.39, 0.29) is 5.38 Å². The average molecular weight is 279 g/mol. The molecule has 0 aliphatic rings. The van der Waals surface area contributed by atoms with E-state index in [1.807, 2.05) is 29.0 Å². The number of pyridine rings is 1. The molecule has 0 fully saturated rings. The summed E-state index contributed by atoms with van der Waals surface area (Å²) in [5, 5.41) is 2.84. The highest BCUT2D eigenvalue weighted by Gasteiger charge is 2.16. The van der Waals surface area contributed by atoms with E-state index in [0.717, 1.165) is 22.0 Å². The number of rotatable bonds is 3. The highest BCUT2D eigenvalue weighted by Crippen LogP contribution is 2.24. The largest absolute Gasteiger partial charge is 0.305 e. The third-order valence-electron chi connectivity index (χ3n) is 2.67. The van der Waals surface area contributed by atoms with Gasteiger partial charge in [0.15, 0.2) is 5.65 Å². The van der Waals surface area contributed by atoms with Gasteiger partial charge in [0.05, 0.1) is 11.9 Å². The molecule has 3 rings (SSSR count). The fourth-order valence-corrected chi connectivity index (χ4v) is 2.67. The fourth-order valence-electron chi connectivity index (χ4n) is 1.90. The van der Waals surface area contributed by atoms with E-state index >= 15 is 0 Å². The van der Waals surface area contributed by atoms with Crippen molar-refractivity contribution in [2.75, 3.05) is 0 Å². The summed E-state index contributed by atoms with van der Waals surface area (Å²) in [5.74, 6) is 0.834. The van der Waals surface area contributed by atoms with E-state index in [0.29, 0.717) is 6.54 Å². The van der Waals surface area contributed by atoms with Gasteiger partial charge in [-0.25, -0.2) is 15.0 Å². The topological polar surface area (TPSA) is 43.6 Å². The molecule has 0 saturated carbocycles. The molecule has 18 heavy (non-hydrogen) atoms. The lowest BCUT2D eigenvalue weighted by Crippen LogP contribution is -2.06. The molecule has 0 bridgehead atoms.